The molecule has 6 heteroatoms. The Morgan fingerprint density at radius 2 is 2.04 bits per heavy atom. The van der Waals surface area contributed by atoms with Crippen LogP contribution in [-0.2, 0) is 4.79 Å². The van der Waals surface area contributed by atoms with E-state index in [2.05, 4.69) is 5.10 Å². The Balaban J connectivity index is 1.64. The maximum atomic E-state index is 12.7. The third kappa shape index (κ3) is 3.82. The molecule has 0 aliphatic carbocycles. The van der Waals surface area contributed by atoms with E-state index in [0.717, 1.165) is 25.1 Å². The van der Waals surface area contributed by atoms with Crippen molar-refractivity contribution in [3.8, 4) is 5.69 Å². The van der Waals surface area contributed by atoms with Crippen LogP contribution in [0.3, 0.4) is 0 Å². The zero-order valence-electron chi connectivity index (χ0n) is 13.5. The molecule has 1 aliphatic heterocycles. The molecule has 1 aromatic heterocycles. The highest BCUT2D eigenvalue weighted by Gasteiger charge is 2.24. The van der Waals surface area contributed by atoms with Crippen molar-refractivity contribution >= 4 is 11.9 Å². The highest BCUT2D eigenvalue weighted by atomic mass is 16.4. The average molecular weight is 327 g/mol. The Hall–Kier alpha value is -2.63. The Labute approximate surface area is 140 Å². The molecule has 1 fully saturated rings. The molecule has 0 radical (unpaired) electrons. The summed E-state index contributed by atoms with van der Waals surface area (Å²) in [5.74, 6) is -0.475. The van der Waals surface area contributed by atoms with Crippen molar-refractivity contribution in [3.05, 3.63) is 48.3 Å². The number of carboxylic acid groups (broad SMARTS) is 1. The number of aliphatic carboxylic acids is 1. The largest absolute Gasteiger partial charge is 0.481 e. The zero-order chi connectivity index (χ0) is 16.9. The number of carboxylic acids is 1. The molecular weight excluding hydrogens is 306 g/mol. The van der Waals surface area contributed by atoms with Gasteiger partial charge < -0.3 is 10.0 Å². The van der Waals surface area contributed by atoms with Crippen molar-refractivity contribution in [1.29, 1.82) is 0 Å². The van der Waals surface area contributed by atoms with Crippen LogP contribution in [0.5, 0.6) is 0 Å². The molecule has 0 bridgehead atoms. The molecule has 1 aliphatic rings. The zero-order valence-corrected chi connectivity index (χ0v) is 13.5. The maximum absolute atomic E-state index is 12.7. The number of rotatable bonds is 5. The number of aromatic nitrogens is 2. The first-order valence-electron chi connectivity index (χ1n) is 8.24. The number of hydrogen-bond donors (Lipinski definition) is 1. The predicted molar refractivity (Wildman–Crippen MR) is 89.1 cm³/mol. The molecule has 1 aromatic carbocycles. The second kappa shape index (κ2) is 7.29. The van der Waals surface area contributed by atoms with Crippen molar-refractivity contribution < 1.29 is 14.7 Å². The molecule has 0 unspecified atom stereocenters. The van der Waals surface area contributed by atoms with Gasteiger partial charge in [0.05, 0.1) is 5.69 Å². The third-order valence-electron chi connectivity index (χ3n) is 4.46. The summed E-state index contributed by atoms with van der Waals surface area (Å²) in [6.45, 7) is 1.39. The second-order valence-electron chi connectivity index (χ2n) is 6.19. The molecule has 1 atom stereocenters. The summed E-state index contributed by atoms with van der Waals surface area (Å²) in [5.41, 5.74) is 1.57. The van der Waals surface area contributed by atoms with Crippen molar-refractivity contribution in [3.63, 3.8) is 0 Å². The number of carbonyl (C=O) groups is 2. The molecule has 1 amide bonds. The fourth-order valence-corrected chi connectivity index (χ4v) is 3.17. The van der Waals surface area contributed by atoms with E-state index in [1.54, 1.807) is 10.9 Å². The van der Waals surface area contributed by atoms with E-state index in [1.807, 2.05) is 41.4 Å². The smallest absolute Gasteiger partial charge is 0.303 e. The van der Waals surface area contributed by atoms with Gasteiger partial charge in [0, 0.05) is 37.5 Å². The highest BCUT2D eigenvalue weighted by Crippen LogP contribution is 2.22. The average Bonchev–Trinajstić information content (AvgIpc) is 3.14. The van der Waals surface area contributed by atoms with Gasteiger partial charge in [-0.3, -0.25) is 9.59 Å². The van der Waals surface area contributed by atoms with Gasteiger partial charge in [-0.2, -0.15) is 5.10 Å². The summed E-state index contributed by atoms with van der Waals surface area (Å²) in [5, 5.41) is 13.0. The summed E-state index contributed by atoms with van der Waals surface area (Å²) in [6.07, 6.45) is 6.30. The summed E-state index contributed by atoms with van der Waals surface area (Å²) < 4.78 is 1.75. The number of benzene rings is 1. The Kier molecular flexibility index (Phi) is 4.93. The van der Waals surface area contributed by atoms with Crippen LogP contribution in [0.4, 0.5) is 0 Å². The van der Waals surface area contributed by atoms with Crippen LogP contribution in [0.2, 0.25) is 0 Å². The number of nitrogens with zero attached hydrogens (tertiary/aromatic N) is 3. The van der Waals surface area contributed by atoms with E-state index >= 15 is 0 Å². The summed E-state index contributed by atoms with van der Waals surface area (Å²) in [6, 6.07) is 9.25. The second-order valence-corrected chi connectivity index (χ2v) is 6.19. The van der Waals surface area contributed by atoms with Crippen molar-refractivity contribution in [2.75, 3.05) is 13.1 Å². The first kappa shape index (κ1) is 16.2. The Bertz CT molecular complexity index is 695. The van der Waals surface area contributed by atoms with Gasteiger partial charge in [0.15, 0.2) is 0 Å². The number of hydrogen-bond acceptors (Lipinski definition) is 3. The summed E-state index contributed by atoms with van der Waals surface area (Å²) in [4.78, 5) is 25.2. The minimum Gasteiger partial charge on any atom is -0.481 e. The molecule has 0 spiro atoms. The summed E-state index contributed by atoms with van der Waals surface area (Å²) >= 11 is 0. The molecule has 1 N–H and O–H groups in total. The van der Waals surface area contributed by atoms with Gasteiger partial charge in [0.1, 0.15) is 0 Å². The Morgan fingerprint density at radius 3 is 2.71 bits per heavy atom. The maximum Gasteiger partial charge on any atom is 0.303 e. The quantitative estimate of drug-likeness (QED) is 0.916. The van der Waals surface area contributed by atoms with E-state index in [0.29, 0.717) is 18.5 Å². The molecule has 2 heterocycles. The minimum absolute atomic E-state index is 0.0158. The van der Waals surface area contributed by atoms with Gasteiger partial charge in [-0.1, -0.05) is 0 Å². The highest BCUT2D eigenvalue weighted by molar-refractivity contribution is 5.94. The number of piperidine rings is 1. The van der Waals surface area contributed by atoms with Crippen LogP contribution in [0.25, 0.3) is 5.69 Å². The van der Waals surface area contributed by atoms with Crippen LogP contribution >= 0.6 is 0 Å². The lowest BCUT2D eigenvalue weighted by molar-refractivity contribution is -0.137. The van der Waals surface area contributed by atoms with Crippen molar-refractivity contribution in [1.82, 2.24) is 14.7 Å². The van der Waals surface area contributed by atoms with Gasteiger partial charge in [0.2, 0.25) is 0 Å². The lowest BCUT2D eigenvalue weighted by atomic mass is 9.93. The normalized spacial score (nSPS) is 17.7. The van der Waals surface area contributed by atoms with Crippen molar-refractivity contribution in [2.24, 2.45) is 5.92 Å². The van der Waals surface area contributed by atoms with Crippen molar-refractivity contribution in [2.45, 2.75) is 25.7 Å². The molecule has 1 saturated heterocycles. The van der Waals surface area contributed by atoms with Gasteiger partial charge in [-0.15, -0.1) is 0 Å². The third-order valence-corrected chi connectivity index (χ3v) is 4.46. The van der Waals surface area contributed by atoms with Crippen LogP contribution in [0, 0.1) is 5.92 Å². The Morgan fingerprint density at radius 1 is 1.25 bits per heavy atom. The molecule has 2 aromatic rings. The predicted octanol–water partition coefficient (Wildman–Crippen LogP) is 2.59. The molecular formula is C18H21N3O3. The van der Waals surface area contributed by atoms with E-state index in [4.69, 9.17) is 5.11 Å². The van der Waals surface area contributed by atoms with E-state index in [1.165, 1.54) is 0 Å². The molecule has 6 nitrogen and oxygen atoms in total. The van der Waals surface area contributed by atoms with E-state index in [9.17, 15) is 9.59 Å². The topological polar surface area (TPSA) is 75.4 Å². The monoisotopic (exact) mass is 327 g/mol. The summed E-state index contributed by atoms with van der Waals surface area (Å²) in [7, 11) is 0. The van der Waals surface area contributed by atoms with Crippen LogP contribution in [-0.4, -0.2) is 44.8 Å². The number of amides is 1. The first-order chi connectivity index (χ1) is 11.6. The van der Waals surface area contributed by atoms with Gasteiger partial charge in [0.25, 0.3) is 5.91 Å². The number of carbonyl (C=O) groups excluding carboxylic acids is 1. The van der Waals surface area contributed by atoms with Crippen LogP contribution in [0.15, 0.2) is 42.7 Å². The van der Waals surface area contributed by atoms with Gasteiger partial charge in [-0.25, -0.2) is 4.68 Å². The molecule has 126 valence electrons. The lowest BCUT2D eigenvalue weighted by Gasteiger charge is -2.32. The molecule has 24 heavy (non-hydrogen) atoms. The SMILES string of the molecule is O=C(O)CC[C@@H]1CCCN(C(=O)c2ccc(-n3cccn3)cc2)C1. The van der Waals surface area contributed by atoms with Gasteiger partial charge >= 0.3 is 5.97 Å². The number of likely N-dealkylation sites (tertiary alicyclic amines) is 1. The first-order valence-corrected chi connectivity index (χ1v) is 8.24. The fourth-order valence-electron chi connectivity index (χ4n) is 3.17. The van der Waals surface area contributed by atoms with Crippen LogP contribution in [0.1, 0.15) is 36.0 Å². The lowest BCUT2D eigenvalue weighted by Crippen LogP contribution is -2.40. The van der Waals surface area contributed by atoms with Crippen LogP contribution < -0.4 is 0 Å². The van der Waals surface area contributed by atoms with E-state index < -0.39 is 5.97 Å². The standard InChI is InChI=1S/C18H21N3O3/c22-17(23)9-4-14-3-1-11-20(13-14)18(24)15-5-7-16(8-6-15)21-12-2-10-19-21/h2,5-8,10,12,14H,1,3-4,9,11,13H2,(H,22,23)/t14-/m0/s1. The molecule has 3 rings (SSSR count). The van der Waals surface area contributed by atoms with E-state index in [-0.39, 0.29) is 18.2 Å². The molecule has 0 saturated carbocycles. The minimum atomic E-state index is -0.771. The van der Waals surface area contributed by atoms with Gasteiger partial charge in [-0.05, 0) is 55.5 Å². The fraction of sp³-hybridized carbons (Fsp3) is 0.389.